The SMILES string of the molecule is [Ag].[AlH3].[Au].[Cu].[Fe].[Ni].[W]. The molecular weight excluding hydrogens is 694 g/mol. The second-order valence-corrected chi connectivity index (χ2v) is 0. The van der Waals surface area contributed by atoms with Crippen molar-refractivity contribution in [2.75, 3.05) is 0 Å². The summed E-state index contributed by atoms with van der Waals surface area (Å²) in [6.07, 6.45) is 0. The van der Waals surface area contributed by atoms with E-state index in [1.54, 1.807) is 0 Å². The van der Waals surface area contributed by atoms with Crippen LogP contribution < -0.4 is 0 Å². The molecule has 0 bridgehead atoms. The van der Waals surface area contributed by atoms with E-state index in [1.165, 1.54) is 0 Å². The first kappa shape index (κ1) is 65.6. The summed E-state index contributed by atoms with van der Waals surface area (Å²) < 4.78 is 0. The Morgan fingerprint density at radius 1 is 1.00 bits per heavy atom. The van der Waals surface area contributed by atoms with Gasteiger partial charge in [-0.05, 0) is 0 Å². The molecule has 0 saturated heterocycles. The van der Waals surface area contributed by atoms with E-state index in [0.717, 1.165) is 0 Å². The van der Waals surface area contributed by atoms with Crippen molar-refractivity contribution in [1.82, 2.24) is 0 Å². The summed E-state index contributed by atoms with van der Waals surface area (Å²) >= 11 is 0. The first-order valence-electron chi connectivity index (χ1n) is 0. The Kier molecular flexibility index (Phi) is 456. The van der Waals surface area contributed by atoms with Gasteiger partial charge in [-0.25, -0.2) is 0 Å². The monoisotopic (exact) mass is 695 g/mol. The van der Waals surface area contributed by atoms with Crippen LogP contribution in [0.3, 0.4) is 0 Å². The predicted molar refractivity (Wildman–Crippen MR) is 9.94 cm³/mol. The van der Waals surface area contributed by atoms with Crippen LogP contribution >= 0.6 is 0 Å². The van der Waals surface area contributed by atoms with Crippen LogP contribution in [0, 0.1) is 0 Å². The van der Waals surface area contributed by atoms with Crippen molar-refractivity contribution >= 4 is 17.4 Å². The summed E-state index contributed by atoms with van der Waals surface area (Å²) in [5.74, 6) is 0. The Balaban J connectivity index is 0. The molecule has 0 amide bonds. The first-order chi connectivity index (χ1) is 0. The Bertz CT molecular complexity index is 19.7. The molecule has 0 aromatic carbocycles. The van der Waals surface area contributed by atoms with Crippen LogP contribution in [0.2, 0.25) is 0 Å². The number of hydrogen-bond acceptors (Lipinski definition) is 0. The minimum Gasteiger partial charge on any atom is 0 e. The zero-order valence-electron chi connectivity index (χ0n) is 1.98. The quantitative estimate of drug-likeness (QED) is 0.280. The van der Waals surface area contributed by atoms with Crippen molar-refractivity contribution in [2.45, 2.75) is 0 Å². The van der Waals surface area contributed by atoms with Gasteiger partial charge in [-0.1, -0.05) is 0 Å². The maximum Gasteiger partial charge on any atom is 0.187 e. The molecule has 7 heavy (non-hydrogen) atoms. The molecule has 0 aromatic rings. The minimum absolute atomic E-state index is 0. The molecule has 0 fully saturated rings. The van der Waals surface area contributed by atoms with Crippen LogP contribution in [0.4, 0.5) is 0 Å². The van der Waals surface area contributed by atoms with E-state index in [1.807, 2.05) is 0 Å². The maximum absolute atomic E-state index is 0. The van der Waals surface area contributed by atoms with Crippen LogP contribution in [0.25, 0.3) is 0 Å². The average Bonchev–Trinajstić information content (AvgIpc) is 0. The molecule has 0 aliphatic rings. The van der Waals surface area contributed by atoms with Crippen LogP contribution in [0.15, 0.2) is 0 Å². The zero-order valence-corrected chi connectivity index (χ0v) is 11.6. The summed E-state index contributed by atoms with van der Waals surface area (Å²) in [6, 6.07) is 0. The third-order valence-corrected chi connectivity index (χ3v) is 0. The standard InChI is InChI=1S/Ag.Al.Au.Cu.Fe.Ni.W.3H. The largest absolute Gasteiger partial charge is 0.187 e. The molecule has 0 spiro atoms. The number of rotatable bonds is 0. The molecule has 63 valence electrons. The average molecular weight is 697 g/mol. The van der Waals surface area contributed by atoms with Gasteiger partial charge in [0.2, 0.25) is 0 Å². The molecule has 0 atom stereocenters. The van der Waals surface area contributed by atoms with Crippen molar-refractivity contribution in [2.24, 2.45) is 0 Å². The summed E-state index contributed by atoms with van der Waals surface area (Å²) in [7, 11) is 0. The Morgan fingerprint density at radius 3 is 1.00 bits per heavy atom. The molecule has 7 heteroatoms. The third kappa shape index (κ3) is 38.7. The van der Waals surface area contributed by atoms with Gasteiger partial charge >= 0.3 is 0 Å². The summed E-state index contributed by atoms with van der Waals surface area (Å²) in [6.45, 7) is 0. The van der Waals surface area contributed by atoms with Gasteiger partial charge in [0.1, 0.15) is 0 Å². The molecular formula is H3AgAlAuCuFeNiW. The number of hydrogen-bond donors (Lipinski definition) is 0. The second kappa shape index (κ2) is 48.7. The molecule has 0 aliphatic carbocycles. The molecule has 0 nitrogen and oxygen atoms in total. The summed E-state index contributed by atoms with van der Waals surface area (Å²) in [4.78, 5) is 0. The van der Waals surface area contributed by atoms with Crippen molar-refractivity contribution in [3.05, 3.63) is 0 Å². The van der Waals surface area contributed by atoms with E-state index in [4.69, 9.17) is 0 Å². The maximum atomic E-state index is 0. The van der Waals surface area contributed by atoms with Gasteiger partial charge in [-0.3, -0.25) is 0 Å². The second-order valence-electron chi connectivity index (χ2n) is 0. The van der Waals surface area contributed by atoms with E-state index in [0.29, 0.717) is 0 Å². The van der Waals surface area contributed by atoms with Gasteiger partial charge in [-0.15, -0.1) is 0 Å². The normalized spacial score (nSPS) is 0. The van der Waals surface area contributed by atoms with Gasteiger partial charge in [0.25, 0.3) is 0 Å². The molecule has 0 rings (SSSR count). The van der Waals surface area contributed by atoms with E-state index in [9.17, 15) is 0 Å². The molecule has 0 aliphatic heterocycles. The summed E-state index contributed by atoms with van der Waals surface area (Å²) in [5, 5.41) is 0. The van der Waals surface area contributed by atoms with Crippen LogP contribution in [-0.4, -0.2) is 17.4 Å². The molecule has 0 unspecified atom stereocenters. The van der Waals surface area contributed by atoms with Crippen molar-refractivity contribution in [3.8, 4) is 0 Å². The van der Waals surface area contributed by atoms with Gasteiger partial charge in [0.05, 0.1) is 0 Å². The Hall–Kier alpha value is 4.23. The smallest absolute Gasteiger partial charge is 0 e. The van der Waals surface area contributed by atoms with E-state index >= 15 is 0 Å². The van der Waals surface area contributed by atoms with Crippen LogP contribution in [0.5, 0.6) is 0 Å². The third-order valence-electron chi connectivity index (χ3n) is 0. The molecule has 0 aromatic heterocycles. The van der Waals surface area contributed by atoms with Crippen molar-refractivity contribution < 1.29 is 116 Å². The van der Waals surface area contributed by atoms with Crippen LogP contribution in [-0.2, 0) is 116 Å². The topological polar surface area (TPSA) is 0 Å². The Labute approximate surface area is 131 Å². The van der Waals surface area contributed by atoms with Gasteiger partial charge in [-0.2, -0.15) is 0 Å². The first-order valence-corrected chi connectivity index (χ1v) is 0. The molecule has 3 radical (unpaired) electrons. The van der Waals surface area contributed by atoms with Crippen molar-refractivity contribution in [3.63, 3.8) is 0 Å². The van der Waals surface area contributed by atoms with E-state index < -0.39 is 0 Å². The van der Waals surface area contributed by atoms with Crippen LogP contribution in [0.1, 0.15) is 0 Å². The van der Waals surface area contributed by atoms with Gasteiger partial charge in [0.15, 0.2) is 17.4 Å². The minimum atomic E-state index is 0. The zero-order chi connectivity index (χ0) is 0. The van der Waals surface area contributed by atoms with Crippen molar-refractivity contribution in [1.29, 1.82) is 0 Å². The molecule has 0 N–H and O–H groups in total. The molecule has 0 saturated carbocycles. The summed E-state index contributed by atoms with van der Waals surface area (Å²) in [5.41, 5.74) is 0. The fraction of sp³-hybridized carbons (Fsp3) is 0. The fourth-order valence-corrected chi connectivity index (χ4v) is 0. The van der Waals surface area contributed by atoms with E-state index in [2.05, 4.69) is 0 Å². The van der Waals surface area contributed by atoms with Gasteiger partial charge < -0.3 is 0 Å². The molecule has 0 heterocycles. The fourth-order valence-electron chi connectivity index (χ4n) is 0. The predicted octanol–water partition coefficient (Wildman–Crippen LogP) is -1.20. The van der Waals surface area contributed by atoms with Gasteiger partial charge in [0, 0.05) is 116 Å². The Morgan fingerprint density at radius 2 is 1.00 bits per heavy atom. The van der Waals surface area contributed by atoms with E-state index in [-0.39, 0.29) is 134 Å².